The van der Waals surface area contributed by atoms with E-state index in [9.17, 15) is 4.79 Å². The molecule has 0 aliphatic heterocycles. The van der Waals surface area contributed by atoms with Crippen LogP contribution < -0.4 is 5.73 Å². The molecule has 108 valence electrons. The molecule has 0 aliphatic carbocycles. The molecule has 0 fully saturated rings. The number of esters is 1. The van der Waals surface area contributed by atoms with Gasteiger partial charge in [-0.25, -0.2) is 0 Å². The van der Waals surface area contributed by atoms with E-state index in [4.69, 9.17) is 15.6 Å². The Labute approximate surface area is 120 Å². The highest BCUT2D eigenvalue weighted by Gasteiger charge is 2.15. The minimum Gasteiger partial charge on any atom is -0.508 e. The van der Waals surface area contributed by atoms with Gasteiger partial charge in [0.25, 0.3) is 0 Å². The number of rotatable bonds is 7. The van der Waals surface area contributed by atoms with Gasteiger partial charge in [0.05, 0.1) is 6.61 Å². The monoisotopic (exact) mass is 287 g/mol. The first-order valence-corrected chi connectivity index (χ1v) is 6.33. The van der Waals surface area contributed by atoms with Gasteiger partial charge in [-0.05, 0) is 30.5 Å². The van der Waals surface area contributed by atoms with Crippen LogP contribution in [0.25, 0.3) is 0 Å². The minimum atomic E-state index is -0.642. The predicted octanol–water partition coefficient (Wildman–Crippen LogP) is 2.42. The molecule has 0 radical (unpaired) electrons. The van der Waals surface area contributed by atoms with E-state index in [0.717, 1.165) is 24.8 Å². The zero-order chi connectivity index (χ0) is 13.4. The number of phenolic OH excluding ortho intramolecular Hbond substituents is 1. The van der Waals surface area contributed by atoms with Crippen molar-refractivity contribution >= 4 is 18.4 Å². The summed E-state index contributed by atoms with van der Waals surface area (Å²) in [5, 5.41) is 9.14. The Kier molecular flexibility index (Phi) is 9.00. The highest BCUT2D eigenvalue weighted by atomic mass is 35.5. The third kappa shape index (κ3) is 7.03. The van der Waals surface area contributed by atoms with Crippen LogP contribution in [0.5, 0.6) is 5.75 Å². The Balaban J connectivity index is 0.00000324. The van der Waals surface area contributed by atoms with Crippen molar-refractivity contribution in [1.29, 1.82) is 0 Å². The third-order valence-electron chi connectivity index (χ3n) is 2.69. The Morgan fingerprint density at radius 1 is 1.32 bits per heavy atom. The Hall–Kier alpha value is -1.26. The van der Waals surface area contributed by atoms with Crippen molar-refractivity contribution < 1.29 is 14.6 Å². The molecule has 1 rings (SSSR count). The number of hydrogen-bond acceptors (Lipinski definition) is 4. The predicted molar refractivity (Wildman–Crippen MR) is 77.5 cm³/mol. The van der Waals surface area contributed by atoms with E-state index in [2.05, 4.69) is 6.92 Å². The van der Waals surface area contributed by atoms with E-state index in [1.165, 1.54) is 0 Å². The topological polar surface area (TPSA) is 72.5 Å². The summed E-state index contributed by atoms with van der Waals surface area (Å²) >= 11 is 0. The quantitative estimate of drug-likeness (QED) is 0.597. The van der Waals surface area contributed by atoms with Gasteiger partial charge in [0, 0.05) is 0 Å². The second-order valence-electron chi connectivity index (χ2n) is 4.35. The van der Waals surface area contributed by atoms with Gasteiger partial charge in [-0.3, -0.25) is 4.79 Å². The lowest BCUT2D eigenvalue weighted by molar-refractivity contribution is -0.145. The summed E-state index contributed by atoms with van der Waals surface area (Å²) in [6.07, 6.45) is 3.46. The Morgan fingerprint density at radius 3 is 2.53 bits per heavy atom. The van der Waals surface area contributed by atoms with Crippen LogP contribution in [-0.2, 0) is 16.0 Å². The molecule has 0 aliphatic rings. The molecule has 0 amide bonds. The molecule has 0 bridgehead atoms. The van der Waals surface area contributed by atoms with Gasteiger partial charge in [-0.1, -0.05) is 31.9 Å². The summed E-state index contributed by atoms with van der Waals surface area (Å²) in [5.74, 6) is -0.159. The molecule has 0 saturated carbocycles. The average Bonchev–Trinajstić information content (AvgIpc) is 2.37. The fourth-order valence-electron chi connectivity index (χ4n) is 1.60. The smallest absolute Gasteiger partial charge is 0.323 e. The molecule has 0 unspecified atom stereocenters. The standard InChI is InChI=1S/C14H21NO3.ClH/c1-2-3-4-9-18-14(17)13(15)10-11-5-7-12(16)8-6-11;/h5-8,13,16H,2-4,9-10,15H2,1H3;1H/t13-;/m0./s1. The van der Waals surface area contributed by atoms with Gasteiger partial charge >= 0.3 is 5.97 Å². The first kappa shape index (κ1) is 17.7. The summed E-state index contributed by atoms with van der Waals surface area (Å²) in [7, 11) is 0. The van der Waals surface area contributed by atoms with Crippen LogP contribution in [0, 0.1) is 0 Å². The Bertz CT molecular complexity index is 367. The van der Waals surface area contributed by atoms with Gasteiger partial charge < -0.3 is 15.6 Å². The summed E-state index contributed by atoms with van der Waals surface area (Å²) in [4.78, 5) is 11.6. The molecule has 0 spiro atoms. The van der Waals surface area contributed by atoms with Crippen LogP contribution in [0.2, 0.25) is 0 Å². The maximum Gasteiger partial charge on any atom is 0.323 e. The number of carbonyl (C=O) groups is 1. The summed E-state index contributed by atoms with van der Waals surface area (Å²) in [6.45, 7) is 2.54. The van der Waals surface area contributed by atoms with Crippen LogP contribution in [0.15, 0.2) is 24.3 Å². The number of carbonyl (C=O) groups excluding carboxylic acids is 1. The van der Waals surface area contributed by atoms with E-state index in [1.807, 2.05) is 0 Å². The largest absolute Gasteiger partial charge is 0.508 e. The number of unbranched alkanes of at least 4 members (excludes halogenated alkanes) is 2. The zero-order valence-electron chi connectivity index (χ0n) is 11.2. The molecule has 1 aromatic carbocycles. The molecule has 1 aromatic rings. The number of aromatic hydroxyl groups is 1. The molecule has 0 saturated heterocycles. The van der Waals surface area contributed by atoms with Crippen molar-refractivity contribution in [2.75, 3.05) is 6.61 Å². The van der Waals surface area contributed by atoms with E-state index in [1.54, 1.807) is 24.3 Å². The van der Waals surface area contributed by atoms with Crippen molar-refractivity contribution in [2.24, 2.45) is 5.73 Å². The fourth-order valence-corrected chi connectivity index (χ4v) is 1.60. The third-order valence-corrected chi connectivity index (χ3v) is 2.69. The molecule has 0 heterocycles. The summed E-state index contributed by atoms with van der Waals surface area (Å²) in [5.41, 5.74) is 6.67. The number of phenols is 1. The number of hydrogen-bond donors (Lipinski definition) is 2. The SMILES string of the molecule is CCCCCOC(=O)[C@@H](N)Cc1ccc(O)cc1.Cl. The summed E-state index contributed by atoms with van der Waals surface area (Å²) in [6, 6.07) is 6.01. The molecule has 5 heteroatoms. The summed E-state index contributed by atoms with van der Waals surface area (Å²) < 4.78 is 5.09. The maximum absolute atomic E-state index is 11.6. The van der Waals surface area contributed by atoms with E-state index in [0.29, 0.717) is 13.0 Å². The molecule has 0 aromatic heterocycles. The minimum absolute atomic E-state index is 0. The molecule has 19 heavy (non-hydrogen) atoms. The van der Waals surface area contributed by atoms with Gasteiger partial charge in [-0.2, -0.15) is 0 Å². The normalized spacial score (nSPS) is 11.5. The van der Waals surface area contributed by atoms with Crippen molar-refractivity contribution in [3.05, 3.63) is 29.8 Å². The van der Waals surface area contributed by atoms with Gasteiger partial charge in [0.15, 0.2) is 0 Å². The van der Waals surface area contributed by atoms with E-state index in [-0.39, 0.29) is 24.1 Å². The highest BCUT2D eigenvalue weighted by molar-refractivity contribution is 5.85. The number of benzene rings is 1. The fraction of sp³-hybridized carbons (Fsp3) is 0.500. The number of halogens is 1. The highest BCUT2D eigenvalue weighted by Crippen LogP contribution is 2.11. The molecular weight excluding hydrogens is 266 g/mol. The van der Waals surface area contributed by atoms with Crippen molar-refractivity contribution in [3.8, 4) is 5.75 Å². The molecule has 4 nitrogen and oxygen atoms in total. The second kappa shape index (κ2) is 9.64. The van der Waals surface area contributed by atoms with Crippen LogP contribution in [-0.4, -0.2) is 23.7 Å². The lowest BCUT2D eigenvalue weighted by Gasteiger charge is -2.11. The first-order valence-electron chi connectivity index (χ1n) is 6.33. The van der Waals surface area contributed by atoms with Crippen LogP contribution in [0.4, 0.5) is 0 Å². The second-order valence-corrected chi connectivity index (χ2v) is 4.35. The van der Waals surface area contributed by atoms with Crippen LogP contribution in [0.1, 0.15) is 31.7 Å². The number of nitrogens with two attached hydrogens (primary N) is 1. The molecule has 1 atom stereocenters. The maximum atomic E-state index is 11.6. The lowest BCUT2D eigenvalue weighted by Crippen LogP contribution is -2.34. The van der Waals surface area contributed by atoms with Crippen molar-refractivity contribution in [3.63, 3.8) is 0 Å². The van der Waals surface area contributed by atoms with Crippen molar-refractivity contribution in [1.82, 2.24) is 0 Å². The van der Waals surface area contributed by atoms with Gasteiger partial charge in [0.2, 0.25) is 0 Å². The van der Waals surface area contributed by atoms with Crippen molar-refractivity contribution in [2.45, 2.75) is 38.6 Å². The first-order chi connectivity index (χ1) is 8.63. The Morgan fingerprint density at radius 2 is 1.95 bits per heavy atom. The molecule has 3 N–H and O–H groups in total. The zero-order valence-corrected chi connectivity index (χ0v) is 12.0. The van der Waals surface area contributed by atoms with Crippen LogP contribution >= 0.6 is 12.4 Å². The molecular formula is C14H22ClNO3. The lowest BCUT2D eigenvalue weighted by atomic mass is 10.1. The van der Waals surface area contributed by atoms with Crippen LogP contribution in [0.3, 0.4) is 0 Å². The van der Waals surface area contributed by atoms with Gasteiger partial charge in [0.1, 0.15) is 11.8 Å². The average molecular weight is 288 g/mol. The number of ether oxygens (including phenoxy) is 1. The van der Waals surface area contributed by atoms with E-state index < -0.39 is 6.04 Å². The van der Waals surface area contributed by atoms with E-state index >= 15 is 0 Å². The van der Waals surface area contributed by atoms with Gasteiger partial charge in [-0.15, -0.1) is 12.4 Å².